The SMILES string of the molecule is CCNC(=NCC(C)(C)OC)NCC(C)(C)C(N)=O. The zero-order chi connectivity index (χ0) is 15.1. The molecule has 0 fully saturated rings. The van der Waals surface area contributed by atoms with E-state index in [2.05, 4.69) is 15.6 Å². The first kappa shape index (κ1) is 17.7. The third-order valence-corrected chi connectivity index (χ3v) is 2.88. The molecule has 0 spiro atoms. The van der Waals surface area contributed by atoms with Crippen LogP contribution in [0.25, 0.3) is 0 Å². The lowest BCUT2D eigenvalue weighted by molar-refractivity contribution is -0.125. The van der Waals surface area contributed by atoms with Gasteiger partial charge >= 0.3 is 0 Å². The Morgan fingerprint density at radius 1 is 1.26 bits per heavy atom. The molecule has 0 heterocycles. The van der Waals surface area contributed by atoms with Crippen LogP contribution >= 0.6 is 0 Å². The van der Waals surface area contributed by atoms with Crippen molar-refractivity contribution in [2.45, 2.75) is 40.2 Å². The van der Waals surface area contributed by atoms with Crippen LogP contribution < -0.4 is 16.4 Å². The van der Waals surface area contributed by atoms with Gasteiger partial charge in [0.05, 0.1) is 17.6 Å². The van der Waals surface area contributed by atoms with Crippen LogP contribution in [0.2, 0.25) is 0 Å². The van der Waals surface area contributed by atoms with E-state index >= 15 is 0 Å². The number of hydrogen-bond acceptors (Lipinski definition) is 3. The van der Waals surface area contributed by atoms with Gasteiger partial charge in [-0.1, -0.05) is 0 Å². The predicted octanol–water partition coefficient (Wildman–Crippen LogP) is 0.478. The van der Waals surface area contributed by atoms with Crippen molar-refractivity contribution in [3.8, 4) is 0 Å². The maximum absolute atomic E-state index is 11.3. The molecule has 4 N–H and O–H groups in total. The second kappa shape index (κ2) is 7.33. The number of aliphatic imine (C=N–C) groups is 1. The van der Waals surface area contributed by atoms with Crippen LogP contribution in [0.15, 0.2) is 4.99 Å². The van der Waals surface area contributed by atoms with E-state index in [1.807, 2.05) is 20.8 Å². The van der Waals surface area contributed by atoms with Crippen LogP contribution in [0.1, 0.15) is 34.6 Å². The number of primary amides is 1. The molecule has 6 heteroatoms. The zero-order valence-corrected chi connectivity index (χ0v) is 13.0. The first-order chi connectivity index (χ1) is 8.64. The summed E-state index contributed by atoms with van der Waals surface area (Å²) in [6, 6.07) is 0. The van der Waals surface area contributed by atoms with Gasteiger partial charge in [-0.25, -0.2) is 0 Å². The third-order valence-electron chi connectivity index (χ3n) is 2.88. The van der Waals surface area contributed by atoms with Crippen LogP contribution in [-0.4, -0.2) is 44.2 Å². The Labute approximate surface area is 116 Å². The summed E-state index contributed by atoms with van der Waals surface area (Å²) in [5.41, 5.74) is 4.40. The lowest BCUT2D eigenvalue weighted by atomic mass is 9.93. The van der Waals surface area contributed by atoms with Gasteiger partial charge < -0.3 is 21.1 Å². The largest absolute Gasteiger partial charge is 0.377 e. The van der Waals surface area contributed by atoms with Crippen molar-refractivity contribution < 1.29 is 9.53 Å². The number of nitrogens with one attached hydrogen (secondary N) is 2. The molecule has 0 rings (SSSR count). The summed E-state index contributed by atoms with van der Waals surface area (Å²) in [5, 5.41) is 6.24. The number of amides is 1. The van der Waals surface area contributed by atoms with Crippen LogP contribution in [0.5, 0.6) is 0 Å². The van der Waals surface area contributed by atoms with Gasteiger partial charge in [-0.05, 0) is 34.6 Å². The molecule has 0 unspecified atom stereocenters. The van der Waals surface area contributed by atoms with E-state index in [4.69, 9.17) is 10.5 Å². The van der Waals surface area contributed by atoms with Crippen molar-refractivity contribution in [1.82, 2.24) is 10.6 Å². The number of methoxy groups -OCH3 is 1. The molecule has 0 aromatic carbocycles. The monoisotopic (exact) mass is 272 g/mol. The Hall–Kier alpha value is -1.30. The number of nitrogens with zero attached hydrogens (tertiary/aromatic N) is 1. The van der Waals surface area contributed by atoms with Gasteiger partial charge in [0.2, 0.25) is 5.91 Å². The summed E-state index contributed by atoms with van der Waals surface area (Å²) in [6.45, 7) is 11.2. The van der Waals surface area contributed by atoms with Gasteiger partial charge in [0.15, 0.2) is 5.96 Å². The van der Waals surface area contributed by atoms with Gasteiger partial charge in [-0.2, -0.15) is 0 Å². The fourth-order valence-corrected chi connectivity index (χ4v) is 1.07. The summed E-state index contributed by atoms with van der Waals surface area (Å²) >= 11 is 0. The molecule has 0 bridgehead atoms. The normalized spacial score (nSPS) is 13.3. The van der Waals surface area contributed by atoms with Gasteiger partial charge in [0.25, 0.3) is 0 Å². The molecule has 0 aromatic heterocycles. The Morgan fingerprint density at radius 3 is 2.26 bits per heavy atom. The molecule has 0 aliphatic carbocycles. The fourth-order valence-electron chi connectivity index (χ4n) is 1.07. The summed E-state index contributed by atoms with van der Waals surface area (Å²) in [4.78, 5) is 15.7. The Balaban J connectivity index is 4.58. The van der Waals surface area contributed by atoms with Crippen molar-refractivity contribution in [3.05, 3.63) is 0 Å². The highest BCUT2D eigenvalue weighted by molar-refractivity contribution is 5.83. The van der Waals surface area contributed by atoms with Crippen molar-refractivity contribution in [3.63, 3.8) is 0 Å². The van der Waals surface area contributed by atoms with Crippen LogP contribution in [0.3, 0.4) is 0 Å². The van der Waals surface area contributed by atoms with Crippen LogP contribution in [-0.2, 0) is 9.53 Å². The average molecular weight is 272 g/mol. The third kappa shape index (κ3) is 7.00. The second-order valence-corrected chi connectivity index (χ2v) is 5.76. The lowest BCUT2D eigenvalue weighted by Crippen LogP contribution is -2.47. The summed E-state index contributed by atoms with van der Waals surface area (Å²) in [6.07, 6.45) is 0. The van der Waals surface area contributed by atoms with Crippen LogP contribution in [0.4, 0.5) is 0 Å². The average Bonchev–Trinajstić information content (AvgIpc) is 2.32. The van der Waals surface area contributed by atoms with E-state index in [-0.39, 0.29) is 11.5 Å². The van der Waals surface area contributed by atoms with E-state index in [9.17, 15) is 4.79 Å². The molecular weight excluding hydrogens is 244 g/mol. The molecule has 1 amide bonds. The van der Waals surface area contributed by atoms with E-state index in [1.165, 1.54) is 0 Å². The van der Waals surface area contributed by atoms with Crippen molar-refractivity contribution in [1.29, 1.82) is 0 Å². The number of nitrogens with two attached hydrogens (primary N) is 1. The Morgan fingerprint density at radius 2 is 1.84 bits per heavy atom. The fraction of sp³-hybridized carbons (Fsp3) is 0.846. The molecule has 0 radical (unpaired) electrons. The molecule has 0 aromatic rings. The summed E-state index contributed by atoms with van der Waals surface area (Å²) in [7, 11) is 1.66. The Bertz CT molecular complexity index is 325. The second-order valence-electron chi connectivity index (χ2n) is 5.76. The Kier molecular flexibility index (Phi) is 6.83. The first-order valence-corrected chi connectivity index (χ1v) is 6.52. The highest BCUT2D eigenvalue weighted by Gasteiger charge is 2.25. The number of hydrogen-bond donors (Lipinski definition) is 3. The van der Waals surface area contributed by atoms with Gasteiger partial charge in [0.1, 0.15) is 0 Å². The maximum atomic E-state index is 11.3. The quantitative estimate of drug-likeness (QED) is 0.464. The molecule has 112 valence electrons. The lowest BCUT2D eigenvalue weighted by Gasteiger charge is -2.24. The summed E-state index contributed by atoms with van der Waals surface area (Å²) in [5.74, 6) is 0.315. The molecule has 0 saturated carbocycles. The molecule has 0 atom stereocenters. The van der Waals surface area contributed by atoms with E-state index in [1.54, 1.807) is 21.0 Å². The number of carbonyl (C=O) groups is 1. The van der Waals surface area contributed by atoms with E-state index < -0.39 is 5.41 Å². The smallest absolute Gasteiger partial charge is 0.224 e. The van der Waals surface area contributed by atoms with Crippen LogP contribution in [0, 0.1) is 5.41 Å². The number of ether oxygens (including phenoxy) is 1. The minimum absolute atomic E-state index is 0.318. The predicted molar refractivity (Wildman–Crippen MR) is 78.0 cm³/mol. The number of carbonyl (C=O) groups excluding carboxylic acids is 1. The van der Waals surface area contributed by atoms with Gasteiger partial charge in [-0.15, -0.1) is 0 Å². The van der Waals surface area contributed by atoms with Gasteiger partial charge in [0, 0.05) is 20.2 Å². The zero-order valence-electron chi connectivity index (χ0n) is 13.0. The number of guanidine groups is 1. The van der Waals surface area contributed by atoms with Crippen molar-refractivity contribution >= 4 is 11.9 Å². The van der Waals surface area contributed by atoms with E-state index in [0.717, 1.165) is 6.54 Å². The molecule has 19 heavy (non-hydrogen) atoms. The standard InChI is InChI=1S/C13H28N4O2/c1-7-15-11(17-9-13(4,5)19-6)16-8-12(2,3)10(14)18/h7-9H2,1-6H3,(H2,14,18)(H2,15,16,17). The van der Waals surface area contributed by atoms with Crippen molar-refractivity contribution in [2.24, 2.45) is 16.1 Å². The summed E-state index contributed by atoms with van der Waals surface area (Å²) < 4.78 is 5.31. The highest BCUT2D eigenvalue weighted by atomic mass is 16.5. The maximum Gasteiger partial charge on any atom is 0.224 e. The molecule has 0 aliphatic rings. The first-order valence-electron chi connectivity index (χ1n) is 6.52. The minimum Gasteiger partial charge on any atom is -0.377 e. The van der Waals surface area contributed by atoms with Crippen molar-refractivity contribution in [2.75, 3.05) is 26.7 Å². The molecular formula is C13H28N4O2. The van der Waals surface area contributed by atoms with E-state index in [0.29, 0.717) is 19.0 Å². The topological polar surface area (TPSA) is 88.7 Å². The highest BCUT2D eigenvalue weighted by Crippen LogP contribution is 2.12. The number of rotatable bonds is 7. The minimum atomic E-state index is -0.618. The van der Waals surface area contributed by atoms with Gasteiger partial charge in [-0.3, -0.25) is 9.79 Å². The molecule has 6 nitrogen and oxygen atoms in total. The molecule has 0 aliphatic heterocycles. The molecule has 0 saturated heterocycles.